The molecule has 0 bridgehead atoms. The van der Waals surface area contributed by atoms with Crippen molar-refractivity contribution in [1.82, 2.24) is 0 Å². The van der Waals surface area contributed by atoms with Crippen LogP contribution in [0.1, 0.15) is 6.92 Å². The zero-order valence-electron chi connectivity index (χ0n) is 9.53. The van der Waals surface area contributed by atoms with Crippen molar-refractivity contribution in [3.05, 3.63) is 23.8 Å². The first-order valence-electron chi connectivity index (χ1n) is 4.99. The Balaban J connectivity index is 3.21. The number of halogens is 2. The maximum Gasteiger partial charge on any atom is 0.200 e. The summed E-state index contributed by atoms with van der Waals surface area (Å²) in [6, 6.07) is 3.14. The van der Waals surface area contributed by atoms with Crippen molar-refractivity contribution in [3.63, 3.8) is 0 Å². The first kappa shape index (κ1) is 12.2. The highest BCUT2D eigenvalue weighted by atomic mass is 28.3. The fourth-order valence-corrected chi connectivity index (χ4v) is 2.73. The predicted molar refractivity (Wildman–Crippen MR) is 60.5 cm³/mol. The normalized spacial score (nSPS) is 11.6. The van der Waals surface area contributed by atoms with Crippen molar-refractivity contribution in [2.75, 3.05) is 6.61 Å². The van der Waals surface area contributed by atoms with Gasteiger partial charge < -0.3 is 4.74 Å². The largest absolute Gasteiger partial charge is 0.491 e. The molecule has 0 saturated heterocycles. The second-order valence-corrected chi connectivity index (χ2v) is 9.46. The smallest absolute Gasteiger partial charge is 0.200 e. The van der Waals surface area contributed by atoms with Crippen molar-refractivity contribution >= 4 is 13.3 Å². The standard InChI is InChI=1S/C11H16F2OSi/c1-5-14-8-6-7-9(15(2,3)4)11(13)10(8)12/h6-7H,5H2,1-4H3. The second-order valence-electron chi connectivity index (χ2n) is 4.42. The van der Waals surface area contributed by atoms with Crippen LogP contribution in [0.3, 0.4) is 0 Å². The molecule has 0 spiro atoms. The first-order chi connectivity index (χ1) is 6.88. The van der Waals surface area contributed by atoms with Gasteiger partial charge >= 0.3 is 0 Å². The van der Waals surface area contributed by atoms with Crippen LogP contribution in [-0.4, -0.2) is 14.7 Å². The molecule has 0 aliphatic heterocycles. The molecule has 1 aromatic carbocycles. The first-order valence-corrected chi connectivity index (χ1v) is 8.49. The quantitative estimate of drug-likeness (QED) is 0.725. The van der Waals surface area contributed by atoms with Gasteiger partial charge in [-0.05, 0) is 18.2 Å². The lowest BCUT2D eigenvalue weighted by Crippen LogP contribution is -2.40. The maximum absolute atomic E-state index is 13.7. The predicted octanol–water partition coefficient (Wildman–Crippen LogP) is 2.91. The maximum atomic E-state index is 13.7. The van der Waals surface area contributed by atoms with Crippen LogP contribution in [0.5, 0.6) is 5.75 Å². The Bertz CT molecular complexity index is 358. The molecule has 0 aliphatic rings. The van der Waals surface area contributed by atoms with Crippen molar-refractivity contribution in [2.24, 2.45) is 0 Å². The Morgan fingerprint density at radius 2 is 1.73 bits per heavy atom. The summed E-state index contributed by atoms with van der Waals surface area (Å²) in [6.45, 7) is 8.01. The molecule has 0 aromatic heterocycles. The van der Waals surface area contributed by atoms with Crippen molar-refractivity contribution in [3.8, 4) is 5.75 Å². The van der Waals surface area contributed by atoms with E-state index in [4.69, 9.17) is 4.74 Å². The van der Waals surface area contributed by atoms with Gasteiger partial charge in [0.25, 0.3) is 0 Å². The molecule has 0 unspecified atom stereocenters. The van der Waals surface area contributed by atoms with Gasteiger partial charge in [-0.3, -0.25) is 0 Å². The van der Waals surface area contributed by atoms with Gasteiger partial charge in [0.2, 0.25) is 0 Å². The molecule has 0 amide bonds. The third-order valence-corrected chi connectivity index (χ3v) is 4.16. The molecule has 0 N–H and O–H groups in total. The van der Waals surface area contributed by atoms with Crippen LogP contribution in [0.2, 0.25) is 19.6 Å². The van der Waals surface area contributed by atoms with E-state index in [0.29, 0.717) is 11.8 Å². The summed E-state index contributed by atoms with van der Waals surface area (Å²) in [5.41, 5.74) is 0. The van der Waals surface area contributed by atoms with Gasteiger partial charge in [0.05, 0.1) is 14.7 Å². The number of ether oxygens (including phenoxy) is 1. The van der Waals surface area contributed by atoms with Crippen molar-refractivity contribution < 1.29 is 13.5 Å². The molecule has 1 nitrogen and oxygen atoms in total. The minimum Gasteiger partial charge on any atom is -0.491 e. The van der Waals surface area contributed by atoms with E-state index in [-0.39, 0.29) is 5.75 Å². The van der Waals surface area contributed by atoms with Gasteiger partial charge in [-0.2, -0.15) is 4.39 Å². The zero-order valence-corrected chi connectivity index (χ0v) is 10.5. The fourth-order valence-electron chi connectivity index (χ4n) is 1.38. The molecule has 1 rings (SSSR count). The highest BCUT2D eigenvalue weighted by Gasteiger charge is 2.24. The van der Waals surface area contributed by atoms with Crippen LogP contribution >= 0.6 is 0 Å². The van der Waals surface area contributed by atoms with Crippen molar-refractivity contribution in [1.29, 1.82) is 0 Å². The molecule has 84 valence electrons. The minimum atomic E-state index is -1.83. The summed E-state index contributed by atoms with van der Waals surface area (Å²) in [5.74, 6) is -1.62. The monoisotopic (exact) mass is 230 g/mol. The van der Waals surface area contributed by atoms with Crippen LogP contribution in [0.4, 0.5) is 8.78 Å². The van der Waals surface area contributed by atoms with Crippen LogP contribution in [0.15, 0.2) is 12.1 Å². The second kappa shape index (κ2) is 4.31. The van der Waals surface area contributed by atoms with E-state index in [1.807, 2.05) is 19.6 Å². The topological polar surface area (TPSA) is 9.23 Å². The van der Waals surface area contributed by atoms with Gasteiger partial charge in [0.1, 0.15) is 0 Å². The van der Waals surface area contributed by atoms with E-state index in [2.05, 4.69) is 0 Å². The van der Waals surface area contributed by atoms with Crippen LogP contribution in [0, 0.1) is 11.6 Å². The van der Waals surface area contributed by atoms with E-state index < -0.39 is 19.7 Å². The Labute approximate surface area is 90.1 Å². The molecule has 1 aromatic rings. The lowest BCUT2D eigenvalue weighted by Gasteiger charge is -2.18. The average molecular weight is 230 g/mol. The van der Waals surface area contributed by atoms with Gasteiger partial charge in [-0.15, -0.1) is 0 Å². The molecular weight excluding hydrogens is 214 g/mol. The van der Waals surface area contributed by atoms with Crippen LogP contribution < -0.4 is 9.92 Å². The third-order valence-electron chi connectivity index (χ3n) is 2.15. The van der Waals surface area contributed by atoms with E-state index in [1.165, 1.54) is 6.07 Å². The molecule has 0 saturated carbocycles. The van der Waals surface area contributed by atoms with E-state index >= 15 is 0 Å². The molecule has 15 heavy (non-hydrogen) atoms. The number of hydrogen-bond donors (Lipinski definition) is 0. The molecule has 0 fully saturated rings. The summed E-state index contributed by atoms with van der Waals surface area (Å²) >= 11 is 0. The highest BCUT2D eigenvalue weighted by Crippen LogP contribution is 2.20. The molecule has 0 atom stereocenters. The third kappa shape index (κ3) is 2.56. The average Bonchev–Trinajstić information content (AvgIpc) is 2.11. The Morgan fingerprint density at radius 3 is 2.20 bits per heavy atom. The lowest BCUT2D eigenvalue weighted by molar-refractivity contribution is 0.314. The van der Waals surface area contributed by atoms with Gasteiger partial charge in [-0.1, -0.05) is 25.7 Å². The summed E-state index contributed by atoms with van der Waals surface area (Å²) in [4.78, 5) is 0. The Hall–Kier alpha value is -0.903. The Morgan fingerprint density at radius 1 is 1.13 bits per heavy atom. The summed E-state index contributed by atoms with van der Waals surface area (Å²) in [5, 5.41) is 0.503. The molecule has 0 aliphatic carbocycles. The van der Waals surface area contributed by atoms with Gasteiger partial charge in [-0.25, -0.2) is 4.39 Å². The van der Waals surface area contributed by atoms with Crippen molar-refractivity contribution in [2.45, 2.75) is 26.6 Å². The van der Waals surface area contributed by atoms with Gasteiger partial charge in [0.15, 0.2) is 17.4 Å². The molecule has 4 heteroatoms. The molecular formula is C11H16F2OSi. The van der Waals surface area contributed by atoms with Crippen LogP contribution in [0.25, 0.3) is 0 Å². The van der Waals surface area contributed by atoms with E-state index in [1.54, 1.807) is 13.0 Å². The summed E-state index contributed by atoms with van der Waals surface area (Å²) in [7, 11) is -1.83. The van der Waals surface area contributed by atoms with E-state index in [0.717, 1.165) is 0 Å². The number of benzene rings is 1. The number of rotatable bonds is 3. The van der Waals surface area contributed by atoms with Crippen LogP contribution in [-0.2, 0) is 0 Å². The minimum absolute atomic E-state index is 0.00278. The summed E-state index contributed by atoms with van der Waals surface area (Å²) < 4.78 is 32.1. The lowest BCUT2D eigenvalue weighted by atomic mass is 10.3. The fraction of sp³-hybridized carbons (Fsp3) is 0.455. The van der Waals surface area contributed by atoms with Gasteiger partial charge in [0, 0.05) is 0 Å². The molecule has 0 radical (unpaired) electrons. The Kier molecular flexibility index (Phi) is 3.49. The molecule has 0 heterocycles. The summed E-state index contributed by atoms with van der Waals surface area (Å²) in [6.07, 6.45) is 0. The highest BCUT2D eigenvalue weighted by molar-refractivity contribution is 6.88. The number of hydrogen-bond acceptors (Lipinski definition) is 1. The zero-order chi connectivity index (χ0) is 11.6. The SMILES string of the molecule is CCOc1ccc([Si](C)(C)C)c(F)c1F. The van der Waals surface area contributed by atoms with E-state index in [9.17, 15) is 8.78 Å².